The van der Waals surface area contributed by atoms with Gasteiger partial charge in [0.25, 0.3) is 0 Å². The smallest absolute Gasteiger partial charge is 0.165 e. The summed E-state index contributed by atoms with van der Waals surface area (Å²) in [6, 6.07) is 10.4. The molecule has 19 heavy (non-hydrogen) atoms. The van der Waals surface area contributed by atoms with E-state index in [0.29, 0.717) is 12.0 Å². The molecule has 2 aromatic rings. The van der Waals surface area contributed by atoms with Gasteiger partial charge in [-0.3, -0.25) is 0 Å². The molecule has 0 aliphatic rings. The second kappa shape index (κ2) is 5.80. The Morgan fingerprint density at radius 1 is 1.16 bits per heavy atom. The first-order valence-electron chi connectivity index (χ1n) is 5.93. The highest BCUT2D eigenvalue weighted by atomic mass is 19.1. The Balaban J connectivity index is 2.15. The minimum atomic E-state index is -0.449. The molecule has 0 heterocycles. The van der Waals surface area contributed by atoms with Gasteiger partial charge < -0.3 is 10.5 Å². The number of hydrogen-bond acceptors (Lipinski definition) is 2. The molecule has 0 spiro atoms. The van der Waals surface area contributed by atoms with Crippen molar-refractivity contribution in [2.45, 2.75) is 12.5 Å². The molecule has 1 atom stereocenters. The van der Waals surface area contributed by atoms with Crippen LogP contribution in [-0.4, -0.2) is 7.11 Å². The summed E-state index contributed by atoms with van der Waals surface area (Å²) in [5.41, 5.74) is 7.44. The van der Waals surface area contributed by atoms with E-state index in [0.717, 1.165) is 5.56 Å². The standard InChI is InChI=1S/C15H15F2NO/c1-19-15-6-5-11(9-13(15)17)14(18)8-10-3-2-4-12(16)7-10/h2-7,9,14H,8,18H2,1H3. The van der Waals surface area contributed by atoms with E-state index in [4.69, 9.17) is 10.5 Å². The van der Waals surface area contributed by atoms with Crippen LogP contribution in [0.2, 0.25) is 0 Å². The van der Waals surface area contributed by atoms with E-state index in [-0.39, 0.29) is 17.6 Å². The monoisotopic (exact) mass is 263 g/mol. The van der Waals surface area contributed by atoms with Gasteiger partial charge in [0.1, 0.15) is 5.82 Å². The lowest BCUT2D eigenvalue weighted by atomic mass is 9.99. The van der Waals surface area contributed by atoms with Gasteiger partial charge in [-0.2, -0.15) is 0 Å². The Hall–Kier alpha value is -1.94. The number of ether oxygens (including phenoxy) is 1. The van der Waals surface area contributed by atoms with Gasteiger partial charge in [0, 0.05) is 6.04 Å². The van der Waals surface area contributed by atoms with Crippen molar-refractivity contribution in [3.8, 4) is 5.75 Å². The van der Waals surface area contributed by atoms with Crippen molar-refractivity contribution in [3.05, 3.63) is 65.2 Å². The van der Waals surface area contributed by atoms with Crippen LogP contribution in [0.15, 0.2) is 42.5 Å². The van der Waals surface area contributed by atoms with Gasteiger partial charge in [-0.1, -0.05) is 18.2 Å². The molecule has 0 bridgehead atoms. The molecule has 2 N–H and O–H groups in total. The Morgan fingerprint density at radius 2 is 1.95 bits per heavy atom. The zero-order valence-corrected chi connectivity index (χ0v) is 10.6. The van der Waals surface area contributed by atoms with Crippen LogP contribution < -0.4 is 10.5 Å². The second-order valence-electron chi connectivity index (χ2n) is 4.33. The van der Waals surface area contributed by atoms with Crippen molar-refractivity contribution in [2.24, 2.45) is 5.73 Å². The van der Waals surface area contributed by atoms with E-state index in [2.05, 4.69) is 0 Å². The molecule has 100 valence electrons. The van der Waals surface area contributed by atoms with Crippen LogP contribution >= 0.6 is 0 Å². The van der Waals surface area contributed by atoms with Gasteiger partial charge in [0.2, 0.25) is 0 Å². The first kappa shape index (κ1) is 13.5. The molecular formula is C15H15F2NO. The maximum Gasteiger partial charge on any atom is 0.165 e. The summed E-state index contributed by atoms with van der Waals surface area (Å²) >= 11 is 0. The molecule has 0 aromatic heterocycles. The summed E-state index contributed by atoms with van der Waals surface area (Å²) in [4.78, 5) is 0. The summed E-state index contributed by atoms with van der Waals surface area (Å²) in [6.45, 7) is 0. The Labute approximate surface area is 110 Å². The van der Waals surface area contributed by atoms with E-state index in [1.54, 1.807) is 18.2 Å². The molecule has 0 amide bonds. The number of hydrogen-bond donors (Lipinski definition) is 1. The minimum Gasteiger partial charge on any atom is -0.494 e. The van der Waals surface area contributed by atoms with Crippen LogP contribution in [-0.2, 0) is 6.42 Å². The average molecular weight is 263 g/mol. The molecule has 0 aliphatic carbocycles. The third-order valence-corrected chi connectivity index (χ3v) is 2.95. The third kappa shape index (κ3) is 3.29. The minimum absolute atomic E-state index is 0.182. The lowest BCUT2D eigenvalue weighted by molar-refractivity contribution is 0.386. The number of nitrogens with two attached hydrogens (primary N) is 1. The fourth-order valence-corrected chi connectivity index (χ4v) is 1.95. The van der Waals surface area contributed by atoms with Crippen LogP contribution in [0.4, 0.5) is 8.78 Å². The van der Waals surface area contributed by atoms with E-state index in [9.17, 15) is 8.78 Å². The highest BCUT2D eigenvalue weighted by Gasteiger charge is 2.11. The zero-order chi connectivity index (χ0) is 13.8. The van der Waals surface area contributed by atoms with E-state index in [1.807, 2.05) is 0 Å². The fourth-order valence-electron chi connectivity index (χ4n) is 1.95. The molecule has 0 saturated heterocycles. The molecule has 2 aromatic carbocycles. The molecule has 4 heteroatoms. The predicted octanol–water partition coefficient (Wildman–Crippen LogP) is 3.22. The van der Waals surface area contributed by atoms with E-state index in [1.165, 1.54) is 31.4 Å². The van der Waals surface area contributed by atoms with Gasteiger partial charge in [0.15, 0.2) is 11.6 Å². The fraction of sp³-hybridized carbons (Fsp3) is 0.200. The topological polar surface area (TPSA) is 35.2 Å². The zero-order valence-electron chi connectivity index (χ0n) is 10.6. The van der Waals surface area contributed by atoms with Crippen LogP contribution in [0.3, 0.4) is 0 Å². The third-order valence-electron chi connectivity index (χ3n) is 2.95. The van der Waals surface area contributed by atoms with Crippen molar-refractivity contribution in [2.75, 3.05) is 7.11 Å². The summed E-state index contributed by atoms with van der Waals surface area (Å²) < 4.78 is 31.5. The maximum absolute atomic E-state index is 13.6. The number of halogens is 2. The highest BCUT2D eigenvalue weighted by Crippen LogP contribution is 2.23. The van der Waals surface area contributed by atoms with Crippen molar-refractivity contribution in [3.63, 3.8) is 0 Å². The van der Waals surface area contributed by atoms with Gasteiger partial charge in [-0.15, -0.1) is 0 Å². The largest absolute Gasteiger partial charge is 0.494 e. The number of rotatable bonds is 4. The quantitative estimate of drug-likeness (QED) is 0.919. The van der Waals surface area contributed by atoms with Gasteiger partial charge >= 0.3 is 0 Å². The average Bonchev–Trinajstić information content (AvgIpc) is 2.38. The summed E-state index contributed by atoms with van der Waals surface area (Å²) in [7, 11) is 1.41. The Kier molecular flexibility index (Phi) is 4.12. The molecular weight excluding hydrogens is 248 g/mol. The normalized spacial score (nSPS) is 12.2. The molecule has 2 nitrogen and oxygen atoms in total. The van der Waals surface area contributed by atoms with Crippen molar-refractivity contribution < 1.29 is 13.5 Å². The first-order chi connectivity index (χ1) is 9.10. The lowest BCUT2D eigenvalue weighted by Crippen LogP contribution is -2.13. The van der Waals surface area contributed by atoms with E-state index < -0.39 is 5.82 Å². The van der Waals surface area contributed by atoms with Crippen LogP contribution in [0, 0.1) is 11.6 Å². The first-order valence-corrected chi connectivity index (χ1v) is 5.93. The molecule has 2 rings (SSSR count). The highest BCUT2D eigenvalue weighted by molar-refractivity contribution is 5.32. The molecule has 0 aliphatic heterocycles. The molecule has 0 radical (unpaired) electrons. The van der Waals surface area contributed by atoms with Crippen LogP contribution in [0.1, 0.15) is 17.2 Å². The van der Waals surface area contributed by atoms with Gasteiger partial charge in [0.05, 0.1) is 7.11 Å². The molecule has 0 fully saturated rings. The predicted molar refractivity (Wildman–Crippen MR) is 70.0 cm³/mol. The van der Waals surface area contributed by atoms with Crippen molar-refractivity contribution >= 4 is 0 Å². The van der Waals surface area contributed by atoms with Crippen molar-refractivity contribution in [1.29, 1.82) is 0 Å². The summed E-state index contributed by atoms with van der Waals surface area (Å²) in [5.74, 6) is -0.568. The van der Waals surface area contributed by atoms with Gasteiger partial charge in [-0.05, 0) is 41.8 Å². The Bertz CT molecular complexity index is 572. The molecule has 0 saturated carbocycles. The van der Waals surface area contributed by atoms with Crippen molar-refractivity contribution in [1.82, 2.24) is 0 Å². The summed E-state index contributed by atoms with van der Waals surface area (Å²) in [5, 5.41) is 0. The van der Waals surface area contributed by atoms with Gasteiger partial charge in [-0.25, -0.2) is 8.78 Å². The molecule has 1 unspecified atom stereocenters. The second-order valence-corrected chi connectivity index (χ2v) is 4.33. The Morgan fingerprint density at radius 3 is 2.58 bits per heavy atom. The van der Waals surface area contributed by atoms with E-state index >= 15 is 0 Å². The SMILES string of the molecule is COc1ccc(C(N)Cc2cccc(F)c2)cc1F. The maximum atomic E-state index is 13.6. The number of benzene rings is 2. The summed E-state index contributed by atoms with van der Waals surface area (Å²) in [6.07, 6.45) is 0.448. The van der Waals surface area contributed by atoms with Crippen LogP contribution in [0.5, 0.6) is 5.75 Å². The van der Waals surface area contributed by atoms with Crippen LogP contribution in [0.25, 0.3) is 0 Å². The lowest BCUT2D eigenvalue weighted by Gasteiger charge is -2.13. The number of methoxy groups -OCH3 is 1.